The molecular weight excluding hydrogens is 574 g/mol. The van der Waals surface area contributed by atoms with Crippen molar-refractivity contribution in [3.63, 3.8) is 0 Å². The Hall–Kier alpha value is -3.89. The van der Waals surface area contributed by atoms with Crippen LogP contribution in [-0.2, 0) is 23.5 Å². The molecule has 3 aromatic carbocycles. The summed E-state index contributed by atoms with van der Waals surface area (Å²) in [5.74, 6) is -1.70. The molecule has 0 fully saturated rings. The number of hydrogen-bond acceptors (Lipinski definition) is 5. The Morgan fingerprint density at radius 1 is 0.927 bits per heavy atom. The number of ether oxygens (including phenoxy) is 2. The van der Waals surface area contributed by atoms with Crippen LogP contribution in [-0.4, -0.2) is 31.9 Å². The second-order valence-corrected chi connectivity index (χ2v) is 11.7. The molecule has 1 aromatic heterocycles. The predicted octanol–water partition coefficient (Wildman–Crippen LogP) is 6.57. The first-order valence-corrected chi connectivity index (χ1v) is 14.9. The fraction of sp³-hybridized carbons (Fsp3) is 0.233. The summed E-state index contributed by atoms with van der Waals surface area (Å²) in [6.07, 6.45) is 1.88. The Labute approximate surface area is 242 Å². The van der Waals surface area contributed by atoms with Crippen molar-refractivity contribution in [2.24, 2.45) is 7.05 Å². The number of aromatic nitrogens is 1. The van der Waals surface area contributed by atoms with E-state index in [0.29, 0.717) is 34.3 Å². The topological polar surface area (TPSA) is 77.8 Å². The number of rotatable bonds is 11. The maximum Gasteiger partial charge on any atom is 0.254 e. The summed E-state index contributed by atoms with van der Waals surface area (Å²) in [6, 6.07) is 16.1. The van der Waals surface area contributed by atoms with Gasteiger partial charge in [-0.25, -0.2) is 17.2 Å². The molecule has 7 nitrogen and oxygen atoms in total. The number of anilines is 1. The van der Waals surface area contributed by atoms with Crippen LogP contribution in [0.25, 0.3) is 11.1 Å². The predicted molar refractivity (Wildman–Crippen MR) is 157 cm³/mol. The monoisotopic (exact) mass is 602 g/mol. The number of hydrogen-bond donors (Lipinski definition) is 0. The summed E-state index contributed by atoms with van der Waals surface area (Å²) in [5.41, 5.74) is 1.52. The van der Waals surface area contributed by atoms with E-state index in [0.717, 1.165) is 17.7 Å². The van der Waals surface area contributed by atoms with Crippen molar-refractivity contribution in [3.8, 4) is 28.4 Å². The molecule has 1 heterocycles. The lowest BCUT2D eigenvalue weighted by Crippen LogP contribution is -2.34. The normalized spacial score (nSPS) is 11.4. The lowest BCUT2D eigenvalue weighted by molar-refractivity contribution is 0.340. The van der Waals surface area contributed by atoms with Gasteiger partial charge in [-0.05, 0) is 62.2 Å². The highest BCUT2D eigenvalue weighted by Gasteiger charge is 2.24. The van der Waals surface area contributed by atoms with Gasteiger partial charge < -0.3 is 14.0 Å². The van der Waals surface area contributed by atoms with Crippen LogP contribution in [0.15, 0.2) is 77.7 Å². The summed E-state index contributed by atoms with van der Waals surface area (Å²) < 4.78 is 68.9. The number of aryl methyl sites for hydroxylation is 1. The van der Waals surface area contributed by atoms with Crippen molar-refractivity contribution in [2.75, 3.05) is 23.2 Å². The molecular formula is C30H29ClF2N2O5S. The standard InChI is InChI=1S/C30H29ClF2N2O5S/c1-4-39-29-18-30(36)34(3)19-24(29)23-17-22(11-13-27(23)40-28-12-10-21(32)16-26(28)33)35(41(37,38)5-2)15-14-20-8-6-7-9-25(20)31/h6-13,16-19H,4-5,14-15H2,1-3H3. The van der Waals surface area contributed by atoms with E-state index in [-0.39, 0.29) is 41.7 Å². The van der Waals surface area contributed by atoms with Gasteiger partial charge in [0, 0.05) is 48.1 Å². The van der Waals surface area contributed by atoms with Crippen molar-refractivity contribution < 1.29 is 26.7 Å². The fourth-order valence-electron chi connectivity index (χ4n) is 4.25. The summed E-state index contributed by atoms with van der Waals surface area (Å²) in [5, 5.41) is 0.527. The number of pyridine rings is 1. The van der Waals surface area contributed by atoms with Crippen LogP contribution >= 0.6 is 11.6 Å². The van der Waals surface area contributed by atoms with E-state index in [4.69, 9.17) is 21.1 Å². The van der Waals surface area contributed by atoms with E-state index in [1.54, 1.807) is 45.2 Å². The first-order chi connectivity index (χ1) is 19.5. The molecule has 0 aliphatic heterocycles. The van der Waals surface area contributed by atoms with Crippen LogP contribution in [0.4, 0.5) is 14.5 Å². The average molecular weight is 603 g/mol. The number of halogens is 3. The van der Waals surface area contributed by atoms with Gasteiger partial charge in [-0.2, -0.15) is 0 Å². The maximum absolute atomic E-state index is 14.6. The Bertz CT molecular complexity index is 1730. The molecule has 0 atom stereocenters. The quantitative estimate of drug-likeness (QED) is 0.194. The second-order valence-electron chi connectivity index (χ2n) is 9.10. The largest absolute Gasteiger partial charge is 0.493 e. The average Bonchev–Trinajstić information content (AvgIpc) is 2.94. The zero-order valence-electron chi connectivity index (χ0n) is 22.7. The first kappa shape index (κ1) is 30.1. The van der Waals surface area contributed by atoms with Gasteiger partial charge in [-0.1, -0.05) is 29.8 Å². The number of nitrogens with zero attached hydrogens (tertiary/aromatic N) is 2. The van der Waals surface area contributed by atoms with Gasteiger partial charge in [0.05, 0.1) is 18.0 Å². The van der Waals surface area contributed by atoms with Gasteiger partial charge in [-0.3, -0.25) is 9.10 Å². The maximum atomic E-state index is 14.6. The lowest BCUT2D eigenvalue weighted by Gasteiger charge is -2.26. The molecule has 0 radical (unpaired) electrons. The van der Waals surface area contributed by atoms with Crippen LogP contribution in [0.1, 0.15) is 19.4 Å². The molecule has 216 valence electrons. The van der Waals surface area contributed by atoms with Gasteiger partial charge in [0.15, 0.2) is 11.6 Å². The molecule has 0 spiro atoms. The third-order valence-corrected chi connectivity index (χ3v) is 8.55. The molecule has 11 heteroatoms. The van der Waals surface area contributed by atoms with Crippen LogP contribution < -0.4 is 19.3 Å². The highest BCUT2D eigenvalue weighted by Crippen LogP contribution is 2.41. The van der Waals surface area contributed by atoms with E-state index < -0.39 is 21.7 Å². The highest BCUT2D eigenvalue weighted by molar-refractivity contribution is 7.92. The summed E-state index contributed by atoms with van der Waals surface area (Å²) in [6.45, 7) is 3.65. The van der Waals surface area contributed by atoms with Gasteiger partial charge in [0.1, 0.15) is 17.3 Å². The molecule has 41 heavy (non-hydrogen) atoms. The highest BCUT2D eigenvalue weighted by atomic mass is 35.5. The summed E-state index contributed by atoms with van der Waals surface area (Å²) in [4.78, 5) is 12.4. The molecule has 0 N–H and O–H groups in total. The Morgan fingerprint density at radius 2 is 1.66 bits per heavy atom. The van der Waals surface area contributed by atoms with Gasteiger partial charge in [0.2, 0.25) is 10.0 Å². The molecule has 4 rings (SSSR count). The van der Waals surface area contributed by atoms with E-state index >= 15 is 0 Å². The van der Waals surface area contributed by atoms with E-state index in [1.807, 2.05) is 12.1 Å². The lowest BCUT2D eigenvalue weighted by atomic mass is 10.0. The van der Waals surface area contributed by atoms with Gasteiger partial charge in [-0.15, -0.1) is 0 Å². The number of benzene rings is 3. The molecule has 0 bridgehead atoms. The molecule has 0 saturated heterocycles. The molecule has 0 amide bonds. The van der Waals surface area contributed by atoms with Gasteiger partial charge in [0.25, 0.3) is 5.56 Å². The minimum Gasteiger partial charge on any atom is -0.493 e. The van der Waals surface area contributed by atoms with Crippen molar-refractivity contribution >= 4 is 27.3 Å². The van der Waals surface area contributed by atoms with Crippen LogP contribution in [0, 0.1) is 11.6 Å². The summed E-state index contributed by atoms with van der Waals surface area (Å²) >= 11 is 6.32. The van der Waals surface area contributed by atoms with Crippen molar-refractivity contribution in [1.29, 1.82) is 0 Å². The third-order valence-electron chi connectivity index (χ3n) is 6.39. The SMILES string of the molecule is CCOc1cc(=O)n(C)cc1-c1cc(N(CCc2ccccc2Cl)S(=O)(=O)CC)ccc1Oc1ccc(F)cc1F. The van der Waals surface area contributed by atoms with Crippen molar-refractivity contribution in [1.82, 2.24) is 4.57 Å². The molecule has 0 aliphatic rings. The van der Waals surface area contributed by atoms with E-state index in [2.05, 4.69) is 0 Å². The smallest absolute Gasteiger partial charge is 0.254 e. The molecule has 4 aromatic rings. The van der Waals surface area contributed by atoms with E-state index in [1.165, 1.54) is 27.2 Å². The fourth-order valence-corrected chi connectivity index (χ4v) is 5.59. The molecule has 0 unspecified atom stereocenters. The molecule has 0 saturated carbocycles. The Kier molecular flexibility index (Phi) is 9.35. The van der Waals surface area contributed by atoms with Crippen LogP contribution in [0.3, 0.4) is 0 Å². The van der Waals surface area contributed by atoms with Crippen molar-refractivity contribution in [3.05, 3.63) is 106 Å². The summed E-state index contributed by atoms with van der Waals surface area (Å²) in [7, 11) is -2.19. The Morgan fingerprint density at radius 3 is 2.34 bits per heavy atom. The zero-order valence-corrected chi connectivity index (χ0v) is 24.3. The van der Waals surface area contributed by atoms with Crippen LogP contribution in [0.2, 0.25) is 5.02 Å². The van der Waals surface area contributed by atoms with Crippen LogP contribution in [0.5, 0.6) is 17.2 Å². The zero-order chi connectivity index (χ0) is 29.7. The third kappa shape index (κ3) is 6.89. The first-order valence-electron chi connectivity index (χ1n) is 12.9. The minimum absolute atomic E-state index is 0.0950. The van der Waals surface area contributed by atoms with Gasteiger partial charge >= 0.3 is 0 Å². The second kappa shape index (κ2) is 12.7. The van der Waals surface area contributed by atoms with Crippen molar-refractivity contribution in [2.45, 2.75) is 20.3 Å². The number of sulfonamides is 1. The minimum atomic E-state index is -3.75. The Balaban J connectivity index is 1.89. The van der Waals surface area contributed by atoms with E-state index in [9.17, 15) is 22.0 Å². The molecule has 0 aliphatic carbocycles.